The first kappa shape index (κ1) is 16.5. The first-order valence-electron chi connectivity index (χ1n) is 7.93. The summed E-state index contributed by atoms with van der Waals surface area (Å²) < 4.78 is 0. The van der Waals surface area contributed by atoms with Crippen LogP contribution in [0.25, 0.3) is 0 Å². The highest BCUT2D eigenvalue weighted by atomic mass is 16.1. The van der Waals surface area contributed by atoms with Crippen molar-refractivity contribution in [2.75, 3.05) is 0 Å². The van der Waals surface area contributed by atoms with E-state index in [9.17, 15) is 4.79 Å². The summed E-state index contributed by atoms with van der Waals surface area (Å²) in [7, 11) is 0. The van der Waals surface area contributed by atoms with Gasteiger partial charge in [0, 0.05) is 29.1 Å². The van der Waals surface area contributed by atoms with Crippen molar-refractivity contribution < 1.29 is 4.79 Å². The van der Waals surface area contributed by atoms with Crippen LogP contribution < -0.4 is 0 Å². The number of benzene rings is 2. The smallest absolute Gasteiger partial charge is 0.213 e. The summed E-state index contributed by atoms with van der Waals surface area (Å²) in [5.41, 5.74) is 3.20. The molecule has 3 aromatic rings. The van der Waals surface area contributed by atoms with Gasteiger partial charge in [-0.05, 0) is 13.0 Å². The second-order valence-corrected chi connectivity index (χ2v) is 5.44. The van der Waals surface area contributed by atoms with Gasteiger partial charge in [0.1, 0.15) is 5.71 Å². The Morgan fingerprint density at radius 1 is 0.760 bits per heavy atom. The lowest BCUT2D eigenvalue weighted by Gasteiger charge is -2.05. The molecule has 0 aliphatic rings. The molecule has 0 fully saturated rings. The van der Waals surface area contributed by atoms with Gasteiger partial charge in [-0.1, -0.05) is 66.7 Å². The summed E-state index contributed by atoms with van der Waals surface area (Å²) in [6.07, 6.45) is 3.42. The molecule has 0 aliphatic heterocycles. The third-order valence-corrected chi connectivity index (χ3v) is 3.68. The molecule has 4 heteroatoms. The maximum absolute atomic E-state index is 12.9. The Hall–Kier alpha value is -3.40. The summed E-state index contributed by atoms with van der Waals surface area (Å²) in [5.74, 6) is -0.158. The van der Waals surface area contributed by atoms with E-state index in [4.69, 9.17) is 0 Å². The molecule has 3 rings (SSSR count). The largest absolute Gasteiger partial charge is 0.287 e. The number of pyridine rings is 1. The van der Waals surface area contributed by atoms with Crippen molar-refractivity contribution in [2.24, 2.45) is 10.2 Å². The third kappa shape index (κ3) is 4.12. The molecule has 1 heterocycles. The van der Waals surface area contributed by atoms with E-state index >= 15 is 0 Å². The zero-order valence-electron chi connectivity index (χ0n) is 13.8. The van der Waals surface area contributed by atoms with Crippen LogP contribution in [0, 0.1) is 0 Å². The number of Topliss-reactive ketones (excluding diaryl/α,β-unsaturated/α-hetero) is 1. The molecule has 0 saturated carbocycles. The molecule has 0 bridgehead atoms. The van der Waals surface area contributed by atoms with Gasteiger partial charge in [-0.3, -0.25) is 9.78 Å². The van der Waals surface area contributed by atoms with E-state index in [0.717, 1.165) is 11.1 Å². The molecular formula is C21H17N3O. The highest BCUT2D eigenvalue weighted by Crippen LogP contribution is 2.10. The molecule has 0 atom stereocenters. The molecule has 0 N–H and O–H groups in total. The highest BCUT2D eigenvalue weighted by Gasteiger charge is 2.16. The van der Waals surface area contributed by atoms with Crippen molar-refractivity contribution in [3.8, 4) is 0 Å². The van der Waals surface area contributed by atoms with Crippen LogP contribution in [0.15, 0.2) is 95.4 Å². The molecule has 0 spiro atoms. The minimum atomic E-state index is -0.158. The Balaban J connectivity index is 2.01. The molecule has 1 aromatic heterocycles. The maximum atomic E-state index is 12.9. The van der Waals surface area contributed by atoms with E-state index in [0.29, 0.717) is 17.0 Å². The van der Waals surface area contributed by atoms with Crippen LogP contribution in [-0.4, -0.2) is 22.2 Å². The molecule has 0 amide bonds. The van der Waals surface area contributed by atoms with E-state index in [1.807, 2.05) is 67.6 Å². The van der Waals surface area contributed by atoms with E-state index in [-0.39, 0.29) is 5.78 Å². The first-order valence-corrected chi connectivity index (χ1v) is 7.93. The summed E-state index contributed by atoms with van der Waals surface area (Å²) in [5, 5.41) is 8.54. The molecule has 0 unspecified atom stereocenters. The normalized spacial score (nSPS) is 12.0. The zero-order chi connectivity index (χ0) is 17.5. The van der Waals surface area contributed by atoms with Crippen LogP contribution in [0.3, 0.4) is 0 Å². The van der Waals surface area contributed by atoms with Crippen LogP contribution >= 0.6 is 0 Å². The van der Waals surface area contributed by atoms with Crippen LogP contribution in [0.2, 0.25) is 0 Å². The van der Waals surface area contributed by atoms with Gasteiger partial charge in [-0.2, -0.15) is 5.10 Å². The zero-order valence-corrected chi connectivity index (χ0v) is 13.8. The molecule has 2 aromatic carbocycles. The van der Waals surface area contributed by atoms with E-state index in [1.54, 1.807) is 24.5 Å². The molecule has 25 heavy (non-hydrogen) atoms. The van der Waals surface area contributed by atoms with Gasteiger partial charge >= 0.3 is 0 Å². The molecule has 0 saturated heterocycles. The van der Waals surface area contributed by atoms with Crippen molar-refractivity contribution in [1.82, 2.24) is 4.98 Å². The van der Waals surface area contributed by atoms with Crippen LogP contribution in [0.4, 0.5) is 0 Å². The Morgan fingerprint density at radius 3 is 1.96 bits per heavy atom. The Morgan fingerprint density at radius 2 is 1.36 bits per heavy atom. The summed E-state index contributed by atoms with van der Waals surface area (Å²) >= 11 is 0. The van der Waals surface area contributed by atoms with Crippen LogP contribution in [0.1, 0.15) is 28.4 Å². The Bertz CT molecular complexity index is 902. The van der Waals surface area contributed by atoms with Gasteiger partial charge in [0.05, 0.1) is 5.71 Å². The monoisotopic (exact) mass is 327 g/mol. The minimum absolute atomic E-state index is 0.158. The highest BCUT2D eigenvalue weighted by molar-refractivity contribution is 6.51. The van der Waals surface area contributed by atoms with E-state index < -0.39 is 0 Å². The quantitative estimate of drug-likeness (QED) is 0.401. The van der Waals surface area contributed by atoms with E-state index in [2.05, 4.69) is 15.2 Å². The van der Waals surface area contributed by atoms with Crippen molar-refractivity contribution in [3.63, 3.8) is 0 Å². The number of carbonyl (C=O) groups is 1. The number of ketones is 1. The van der Waals surface area contributed by atoms with Gasteiger partial charge in [-0.25, -0.2) is 0 Å². The average Bonchev–Trinajstić information content (AvgIpc) is 2.70. The molecule has 122 valence electrons. The topological polar surface area (TPSA) is 54.7 Å². The predicted octanol–water partition coefficient (Wildman–Crippen LogP) is 4.18. The first-order chi connectivity index (χ1) is 12.3. The number of aromatic nitrogens is 1. The number of carbonyl (C=O) groups excluding carboxylic acids is 1. The molecule has 4 nitrogen and oxygen atoms in total. The Kier molecular flexibility index (Phi) is 5.22. The summed E-state index contributed by atoms with van der Waals surface area (Å²) in [6, 6.07) is 22.2. The number of hydrogen-bond acceptors (Lipinski definition) is 4. The number of rotatable bonds is 5. The van der Waals surface area contributed by atoms with Crippen molar-refractivity contribution >= 4 is 17.2 Å². The van der Waals surface area contributed by atoms with Crippen LogP contribution in [-0.2, 0) is 0 Å². The lowest BCUT2D eigenvalue weighted by molar-refractivity contribution is 0.106. The average molecular weight is 327 g/mol. The van der Waals surface area contributed by atoms with Gasteiger partial charge in [0.15, 0.2) is 0 Å². The molecule has 0 radical (unpaired) electrons. The van der Waals surface area contributed by atoms with Gasteiger partial charge < -0.3 is 0 Å². The third-order valence-electron chi connectivity index (χ3n) is 3.68. The fourth-order valence-electron chi connectivity index (χ4n) is 2.32. The fraction of sp³-hybridized carbons (Fsp3) is 0.0476. The second kappa shape index (κ2) is 7.93. The fourth-order valence-corrected chi connectivity index (χ4v) is 2.32. The van der Waals surface area contributed by atoms with Gasteiger partial charge in [0.2, 0.25) is 5.78 Å². The second-order valence-electron chi connectivity index (χ2n) is 5.44. The SMILES string of the molecule is CC(=NN=C(C(=O)c1ccccc1)c1ccccc1)c1cccnc1. The van der Waals surface area contributed by atoms with Crippen LogP contribution in [0.5, 0.6) is 0 Å². The molecular weight excluding hydrogens is 310 g/mol. The maximum Gasteiger partial charge on any atom is 0.213 e. The van der Waals surface area contributed by atoms with Crippen molar-refractivity contribution in [2.45, 2.75) is 6.92 Å². The van der Waals surface area contributed by atoms with Crippen molar-refractivity contribution in [3.05, 3.63) is 102 Å². The molecule has 0 aliphatic carbocycles. The summed E-state index contributed by atoms with van der Waals surface area (Å²) in [4.78, 5) is 17.0. The van der Waals surface area contributed by atoms with Gasteiger partial charge in [-0.15, -0.1) is 5.10 Å². The Labute approximate surface area is 146 Å². The number of nitrogens with zero attached hydrogens (tertiary/aromatic N) is 3. The van der Waals surface area contributed by atoms with Crippen molar-refractivity contribution in [1.29, 1.82) is 0 Å². The predicted molar refractivity (Wildman–Crippen MR) is 100 cm³/mol. The minimum Gasteiger partial charge on any atom is -0.287 e. The van der Waals surface area contributed by atoms with Gasteiger partial charge in [0.25, 0.3) is 0 Å². The lowest BCUT2D eigenvalue weighted by atomic mass is 10.0. The van der Waals surface area contributed by atoms with E-state index in [1.165, 1.54) is 0 Å². The lowest BCUT2D eigenvalue weighted by Crippen LogP contribution is -2.15. The number of hydrogen-bond donors (Lipinski definition) is 0. The standard InChI is InChI=1S/C21H17N3O/c1-16(19-13-8-14-22-15-19)23-24-20(17-9-4-2-5-10-17)21(25)18-11-6-3-7-12-18/h2-15H,1H3. The summed E-state index contributed by atoms with van der Waals surface area (Å²) in [6.45, 7) is 1.84.